The van der Waals surface area contributed by atoms with E-state index in [0.29, 0.717) is 17.3 Å². The number of nitrogens with zero attached hydrogens (tertiary/aromatic N) is 4. The van der Waals surface area contributed by atoms with Crippen LogP contribution in [0.1, 0.15) is 24.1 Å². The molecule has 3 heterocycles. The Hall–Kier alpha value is -1.69. The summed E-state index contributed by atoms with van der Waals surface area (Å²) in [5, 5.41) is 11.0. The van der Waals surface area contributed by atoms with Crippen LogP contribution in [-0.4, -0.2) is 47.0 Å². The molecule has 0 saturated carbocycles. The third-order valence-electron chi connectivity index (χ3n) is 4.44. The molecule has 0 aromatic carbocycles. The highest BCUT2D eigenvalue weighted by molar-refractivity contribution is 5.53. The smallest absolute Gasteiger partial charge is 0.293 e. The SMILES string of the molecule is Cc1cc(N2CCN3CCC[C@H]3C2)nc(C)c1[N+](=O)[O-]. The summed E-state index contributed by atoms with van der Waals surface area (Å²) in [5.74, 6) is 0.886. The van der Waals surface area contributed by atoms with Gasteiger partial charge in [0.1, 0.15) is 11.5 Å². The number of hydrogen-bond donors (Lipinski definition) is 0. The molecule has 20 heavy (non-hydrogen) atoms. The van der Waals surface area contributed by atoms with Crippen LogP contribution in [0, 0.1) is 24.0 Å². The Morgan fingerprint density at radius 3 is 2.85 bits per heavy atom. The van der Waals surface area contributed by atoms with Gasteiger partial charge in [-0.2, -0.15) is 0 Å². The Labute approximate surface area is 118 Å². The average molecular weight is 276 g/mol. The highest BCUT2D eigenvalue weighted by Gasteiger charge is 2.31. The monoisotopic (exact) mass is 276 g/mol. The number of fused-ring (bicyclic) bond motifs is 1. The molecular weight excluding hydrogens is 256 g/mol. The molecule has 2 aliphatic rings. The summed E-state index contributed by atoms with van der Waals surface area (Å²) >= 11 is 0. The number of pyridine rings is 1. The fourth-order valence-electron chi connectivity index (χ4n) is 3.44. The number of aryl methyl sites for hydroxylation is 2. The zero-order valence-electron chi connectivity index (χ0n) is 12.0. The summed E-state index contributed by atoms with van der Waals surface area (Å²) in [6.45, 7) is 7.75. The Balaban J connectivity index is 1.86. The largest absolute Gasteiger partial charge is 0.354 e. The van der Waals surface area contributed by atoms with E-state index >= 15 is 0 Å². The van der Waals surface area contributed by atoms with Gasteiger partial charge in [-0.05, 0) is 39.3 Å². The Morgan fingerprint density at radius 2 is 2.15 bits per heavy atom. The highest BCUT2D eigenvalue weighted by Crippen LogP contribution is 2.28. The number of anilines is 1. The van der Waals surface area contributed by atoms with Gasteiger partial charge in [0.25, 0.3) is 5.69 Å². The third kappa shape index (κ3) is 2.24. The second-order valence-electron chi connectivity index (χ2n) is 5.77. The molecule has 6 heteroatoms. The van der Waals surface area contributed by atoms with E-state index in [2.05, 4.69) is 14.8 Å². The predicted octanol–water partition coefficient (Wildman–Crippen LogP) is 1.89. The zero-order valence-corrected chi connectivity index (χ0v) is 12.0. The first-order chi connectivity index (χ1) is 9.56. The molecule has 2 aliphatic heterocycles. The van der Waals surface area contributed by atoms with Crippen molar-refractivity contribution in [1.82, 2.24) is 9.88 Å². The number of aromatic nitrogens is 1. The molecule has 0 aliphatic carbocycles. The van der Waals surface area contributed by atoms with Crippen LogP contribution in [0.4, 0.5) is 11.5 Å². The quantitative estimate of drug-likeness (QED) is 0.609. The van der Waals surface area contributed by atoms with Crippen molar-refractivity contribution < 1.29 is 4.92 Å². The summed E-state index contributed by atoms with van der Waals surface area (Å²) in [6.07, 6.45) is 2.53. The minimum atomic E-state index is -0.337. The zero-order chi connectivity index (χ0) is 14.3. The number of piperazine rings is 1. The van der Waals surface area contributed by atoms with Crippen molar-refractivity contribution >= 4 is 11.5 Å². The van der Waals surface area contributed by atoms with E-state index in [1.54, 1.807) is 13.8 Å². The molecule has 0 spiro atoms. The normalized spacial score (nSPS) is 22.9. The topological polar surface area (TPSA) is 62.5 Å². The van der Waals surface area contributed by atoms with Gasteiger partial charge < -0.3 is 4.90 Å². The van der Waals surface area contributed by atoms with Crippen LogP contribution in [0.25, 0.3) is 0 Å². The maximum Gasteiger partial charge on any atom is 0.293 e. The van der Waals surface area contributed by atoms with E-state index in [9.17, 15) is 10.1 Å². The molecule has 1 atom stereocenters. The molecule has 1 aromatic heterocycles. The standard InChI is InChI=1S/C14H20N4O2/c1-10-8-13(15-11(2)14(10)18(19)20)17-7-6-16-5-3-4-12(16)9-17/h8,12H,3-7,9H2,1-2H3/t12-/m0/s1. The molecular formula is C14H20N4O2. The molecule has 0 amide bonds. The summed E-state index contributed by atoms with van der Waals surface area (Å²) in [5.41, 5.74) is 1.36. The molecule has 6 nitrogen and oxygen atoms in total. The highest BCUT2D eigenvalue weighted by atomic mass is 16.6. The van der Waals surface area contributed by atoms with Gasteiger partial charge in [0, 0.05) is 31.2 Å². The molecule has 2 saturated heterocycles. The summed E-state index contributed by atoms with van der Waals surface area (Å²) < 4.78 is 0. The van der Waals surface area contributed by atoms with E-state index in [4.69, 9.17) is 0 Å². The van der Waals surface area contributed by atoms with Gasteiger partial charge in [-0.3, -0.25) is 15.0 Å². The lowest BCUT2D eigenvalue weighted by Crippen LogP contribution is -2.50. The minimum absolute atomic E-state index is 0.147. The maximum atomic E-state index is 11.0. The fraction of sp³-hybridized carbons (Fsp3) is 0.643. The number of rotatable bonds is 2. The Bertz CT molecular complexity index is 523. The molecule has 108 valence electrons. The molecule has 0 radical (unpaired) electrons. The average Bonchev–Trinajstić information content (AvgIpc) is 2.84. The molecule has 0 unspecified atom stereocenters. The second kappa shape index (κ2) is 5.01. The first-order valence-corrected chi connectivity index (χ1v) is 7.18. The van der Waals surface area contributed by atoms with E-state index in [1.165, 1.54) is 19.4 Å². The van der Waals surface area contributed by atoms with Crippen LogP contribution in [0.15, 0.2) is 6.07 Å². The lowest BCUT2D eigenvalue weighted by atomic mass is 10.1. The third-order valence-corrected chi connectivity index (χ3v) is 4.44. The summed E-state index contributed by atoms with van der Waals surface area (Å²) in [7, 11) is 0. The van der Waals surface area contributed by atoms with Crippen molar-refractivity contribution in [2.24, 2.45) is 0 Å². The fourth-order valence-corrected chi connectivity index (χ4v) is 3.44. The predicted molar refractivity (Wildman–Crippen MR) is 77.2 cm³/mol. The van der Waals surface area contributed by atoms with Gasteiger partial charge in [0.2, 0.25) is 0 Å². The van der Waals surface area contributed by atoms with Crippen LogP contribution < -0.4 is 4.90 Å². The van der Waals surface area contributed by atoms with Crippen molar-refractivity contribution in [3.8, 4) is 0 Å². The number of nitro groups is 1. The molecule has 3 rings (SSSR count). The van der Waals surface area contributed by atoms with Crippen molar-refractivity contribution in [2.45, 2.75) is 32.7 Å². The summed E-state index contributed by atoms with van der Waals surface area (Å²) in [4.78, 5) is 20.0. The molecule has 2 fully saturated rings. The molecule has 1 aromatic rings. The van der Waals surface area contributed by atoms with Gasteiger partial charge in [0.05, 0.1) is 4.92 Å². The van der Waals surface area contributed by atoms with Crippen molar-refractivity contribution in [2.75, 3.05) is 31.1 Å². The van der Waals surface area contributed by atoms with Crippen LogP contribution in [0.5, 0.6) is 0 Å². The first kappa shape index (κ1) is 13.3. The lowest BCUT2D eigenvalue weighted by Gasteiger charge is -2.38. The molecule has 0 bridgehead atoms. The van der Waals surface area contributed by atoms with Crippen molar-refractivity contribution in [3.05, 3.63) is 27.4 Å². The van der Waals surface area contributed by atoms with E-state index in [1.807, 2.05) is 6.07 Å². The Kier molecular flexibility index (Phi) is 3.33. The second-order valence-corrected chi connectivity index (χ2v) is 5.77. The van der Waals surface area contributed by atoms with Gasteiger partial charge >= 0.3 is 0 Å². The van der Waals surface area contributed by atoms with Gasteiger partial charge in [-0.25, -0.2) is 4.98 Å². The first-order valence-electron chi connectivity index (χ1n) is 7.18. The van der Waals surface area contributed by atoms with Crippen molar-refractivity contribution in [1.29, 1.82) is 0 Å². The van der Waals surface area contributed by atoms with E-state index in [-0.39, 0.29) is 10.6 Å². The minimum Gasteiger partial charge on any atom is -0.354 e. The maximum absolute atomic E-state index is 11.0. The van der Waals surface area contributed by atoms with Crippen LogP contribution in [0.3, 0.4) is 0 Å². The van der Waals surface area contributed by atoms with Gasteiger partial charge in [0.15, 0.2) is 0 Å². The van der Waals surface area contributed by atoms with E-state index < -0.39 is 0 Å². The van der Waals surface area contributed by atoms with Crippen LogP contribution in [-0.2, 0) is 0 Å². The molecule has 0 N–H and O–H groups in total. The summed E-state index contributed by atoms with van der Waals surface area (Å²) in [6, 6.07) is 2.48. The van der Waals surface area contributed by atoms with E-state index in [0.717, 1.165) is 25.5 Å². The lowest BCUT2D eigenvalue weighted by molar-refractivity contribution is -0.386. The van der Waals surface area contributed by atoms with Gasteiger partial charge in [-0.1, -0.05) is 0 Å². The van der Waals surface area contributed by atoms with Crippen molar-refractivity contribution in [3.63, 3.8) is 0 Å². The van der Waals surface area contributed by atoms with Crippen LogP contribution >= 0.6 is 0 Å². The Morgan fingerprint density at radius 1 is 1.35 bits per heavy atom. The van der Waals surface area contributed by atoms with Crippen LogP contribution in [0.2, 0.25) is 0 Å². The van der Waals surface area contributed by atoms with Gasteiger partial charge in [-0.15, -0.1) is 0 Å². The number of hydrogen-bond acceptors (Lipinski definition) is 5.